The van der Waals surface area contributed by atoms with Crippen LogP contribution in [0, 0.1) is 0 Å². The predicted octanol–water partition coefficient (Wildman–Crippen LogP) is 3.88. The van der Waals surface area contributed by atoms with Crippen LogP contribution >= 0.6 is 19.0 Å². The van der Waals surface area contributed by atoms with E-state index in [4.69, 9.17) is 20.5 Å². The molecule has 0 fully saturated rings. The lowest BCUT2D eigenvalue weighted by Crippen LogP contribution is -2.10. The lowest BCUT2D eigenvalue weighted by atomic mass is 10.2. The number of hydrogen-bond acceptors (Lipinski definition) is 5. The van der Waals surface area contributed by atoms with Gasteiger partial charge < -0.3 is 9.63 Å². The average Bonchev–Trinajstić information content (AvgIpc) is 2.61. The Labute approximate surface area is 158 Å². The molecule has 0 bridgehead atoms. The van der Waals surface area contributed by atoms with E-state index in [0.717, 1.165) is 5.56 Å². The first kappa shape index (κ1) is 21.1. The molecule has 26 heavy (non-hydrogen) atoms. The first-order chi connectivity index (χ1) is 12.3. The van der Waals surface area contributed by atoms with E-state index in [0.29, 0.717) is 24.7 Å². The number of hydrogen-bond donors (Lipinski definition) is 1. The van der Waals surface area contributed by atoms with Crippen molar-refractivity contribution in [3.63, 3.8) is 0 Å². The fourth-order valence-corrected chi connectivity index (χ4v) is 4.76. The molecule has 1 N–H and O–H groups in total. The van der Waals surface area contributed by atoms with E-state index in [2.05, 4.69) is 0 Å². The van der Waals surface area contributed by atoms with Crippen LogP contribution in [0.25, 0.3) is 0 Å². The molecule has 142 valence electrons. The summed E-state index contributed by atoms with van der Waals surface area (Å²) in [6.45, 7) is 0.710. The molecule has 0 amide bonds. The second-order valence-corrected chi connectivity index (χ2v) is 10.1. The molecular weight excluding hydrogens is 399 g/mol. The topological polar surface area (TPSA) is 89.9 Å². The zero-order valence-electron chi connectivity index (χ0n) is 14.0. The van der Waals surface area contributed by atoms with Crippen LogP contribution in [0.5, 0.6) is 0 Å². The monoisotopic (exact) mass is 418 g/mol. The van der Waals surface area contributed by atoms with E-state index in [1.54, 1.807) is 0 Å². The summed E-state index contributed by atoms with van der Waals surface area (Å²) in [5.74, 6) is 0. The van der Waals surface area contributed by atoms with Crippen molar-refractivity contribution in [2.45, 2.75) is 17.9 Å². The maximum atomic E-state index is 12.1. The first-order valence-corrected chi connectivity index (χ1v) is 11.7. The summed E-state index contributed by atoms with van der Waals surface area (Å²) in [5.41, 5.74) is 1.01. The molecule has 0 aliphatic carbocycles. The Morgan fingerprint density at radius 2 is 1.69 bits per heavy atom. The second kappa shape index (κ2) is 9.65. The van der Waals surface area contributed by atoms with Crippen LogP contribution in [0.15, 0.2) is 59.5 Å². The average molecular weight is 419 g/mol. The number of ether oxygens (including phenoxy) is 1. The van der Waals surface area contributed by atoms with E-state index in [-0.39, 0.29) is 11.1 Å². The molecule has 0 saturated carbocycles. The molecule has 2 aromatic carbocycles. The summed E-state index contributed by atoms with van der Waals surface area (Å²) in [4.78, 5) is 9.76. The van der Waals surface area contributed by atoms with Crippen molar-refractivity contribution < 1.29 is 26.8 Å². The lowest BCUT2D eigenvalue weighted by Gasteiger charge is -2.12. The fourth-order valence-electron chi connectivity index (χ4n) is 2.06. The van der Waals surface area contributed by atoms with Crippen molar-refractivity contribution in [3.8, 4) is 0 Å². The van der Waals surface area contributed by atoms with E-state index >= 15 is 0 Å². The van der Waals surface area contributed by atoms with Gasteiger partial charge in [-0.3, -0.25) is 8.75 Å². The van der Waals surface area contributed by atoms with Gasteiger partial charge >= 0.3 is 0 Å². The van der Waals surface area contributed by atoms with Crippen molar-refractivity contribution >= 4 is 29.1 Å². The summed E-state index contributed by atoms with van der Waals surface area (Å²) >= 11 is 5.70. The van der Waals surface area contributed by atoms with Gasteiger partial charge in [-0.05, 0) is 36.2 Å². The van der Waals surface area contributed by atoms with E-state index < -0.39 is 23.8 Å². The minimum atomic E-state index is -4.10. The quantitative estimate of drug-likeness (QED) is 0.358. The van der Waals surface area contributed by atoms with Gasteiger partial charge in [0.25, 0.3) is 10.1 Å². The third-order valence-corrected chi connectivity index (χ3v) is 6.67. The van der Waals surface area contributed by atoms with Crippen molar-refractivity contribution in [1.82, 2.24) is 0 Å². The predicted molar refractivity (Wildman–Crippen MR) is 100.0 cm³/mol. The third-order valence-electron chi connectivity index (χ3n) is 3.42. The van der Waals surface area contributed by atoms with Crippen LogP contribution in [-0.2, 0) is 30.2 Å². The van der Waals surface area contributed by atoms with Gasteiger partial charge in [-0.25, -0.2) is 0 Å². The van der Waals surface area contributed by atoms with Crippen LogP contribution < -0.4 is 0 Å². The second-order valence-electron chi connectivity index (χ2n) is 5.62. The highest BCUT2D eigenvalue weighted by Gasteiger charge is 2.24. The minimum Gasteiger partial charge on any atom is -0.377 e. The fraction of sp³-hybridized carbons (Fsp3) is 0.294. The molecule has 0 aromatic heterocycles. The zero-order chi connectivity index (χ0) is 19.0. The summed E-state index contributed by atoms with van der Waals surface area (Å²) < 4.78 is 46.2. The Hall–Kier alpha value is -1.21. The standard InChI is InChI=1S/C17H20ClO6PS/c18-16-7-9-17(10-8-16)26(21,22)24-14-25(19,20)12-4-11-23-13-15-5-2-1-3-6-15/h1-3,5-10H,4,11-14H2,(H,19,20). The van der Waals surface area contributed by atoms with E-state index in [9.17, 15) is 17.9 Å². The van der Waals surface area contributed by atoms with Crippen molar-refractivity contribution in [2.75, 3.05) is 19.1 Å². The molecule has 0 radical (unpaired) electrons. The molecule has 0 saturated heterocycles. The minimum absolute atomic E-state index is 0.0854. The van der Waals surface area contributed by atoms with Gasteiger partial charge in [-0.2, -0.15) is 8.42 Å². The highest BCUT2D eigenvalue weighted by Crippen LogP contribution is 2.41. The Morgan fingerprint density at radius 3 is 2.35 bits per heavy atom. The van der Waals surface area contributed by atoms with Crippen LogP contribution in [0.2, 0.25) is 5.02 Å². The van der Waals surface area contributed by atoms with Gasteiger partial charge in [0.05, 0.1) is 11.5 Å². The molecule has 2 aromatic rings. The molecule has 2 rings (SSSR count). The number of rotatable bonds is 10. The van der Waals surface area contributed by atoms with Crippen LogP contribution in [0.1, 0.15) is 12.0 Å². The van der Waals surface area contributed by atoms with Crippen LogP contribution in [-0.4, -0.2) is 32.4 Å². The Bertz CT molecular complexity index is 839. The van der Waals surface area contributed by atoms with Gasteiger partial charge in [-0.15, -0.1) is 0 Å². The van der Waals surface area contributed by atoms with Crippen LogP contribution in [0.4, 0.5) is 0 Å². The summed E-state index contributed by atoms with van der Waals surface area (Å²) in [6, 6.07) is 14.9. The lowest BCUT2D eigenvalue weighted by molar-refractivity contribution is 0.121. The zero-order valence-corrected chi connectivity index (χ0v) is 16.4. The van der Waals surface area contributed by atoms with Gasteiger partial charge in [0.15, 0.2) is 0 Å². The molecule has 9 heteroatoms. The Kier molecular flexibility index (Phi) is 7.83. The molecule has 0 aliphatic heterocycles. The van der Waals surface area contributed by atoms with Crippen molar-refractivity contribution in [2.24, 2.45) is 0 Å². The number of halogens is 1. The summed E-state index contributed by atoms with van der Waals surface area (Å²) in [7, 11) is -7.84. The molecule has 1 atom stereocenters. The van der Waals surface area contributed by atoms with Gasteiger partial charge in [-0.1, -0.05) is 41.9 Å². The molecular formula is C17H20ClO6PS. The van der Waals surface area contributed by atoms with Crippen LogP contribution in [0.3, 0.4) is 0 Å². The maximum Gasteiger partial charge on any atom is 0.297 e. The molecule has 1 unspecified atom stereocenters. The van der Waals surface area contributed by atoms with Crippen molar-refractivity contribution in [3.05, 3.63) is 65.2 Å². The van der Waals surface area contributed by atoms with E-state index in [1.165, 1.54) is 24.3 Å². The highest BCUT2D eigenvalue weighted by atomic mass is 35.5. The van der Waals surface area contributed by atoms with Gasteiger partial charge in [0.2, 0.25) is 7.37 Å². The molecule has 0 spiro atoms. The normalized spacial score (nSPS) is 14.1. The molecule has 6 nitrogen and oxygen atoms in total. The van der Waals surface area contributed by atoms with Gasteiger partial charge in [0, 0.05) is 17.8 Å². The molecule has 0 aliphatic rings. The molecule has 0 heterocycles. The number of benzene rings is 2. The Morgan fingerprint density at radius 1 is 1.04 bits per heavy atom. The third kappa shape index (κ3) is 7.19. The van der Waals surface area contributed by atoms with Gasteiger partial charge in [0.1, 0.15) is 6.35 Å². The first-order valence-electron chi connectivity index (χ1n) is 7.86. The van der Waals surface area contributed by atoms with Crippen molar-refractivity contribution in [1.29, 1.82) is 0 Å². The Balaban J connectivity index is 1.74. The van der Waals surface area contributed by atoms with E-state index in [1.807, 2.05) is 30.3 Å². The summed E-state index contributed by atoms with van der Waals surface area (Å²) in [6.07, 6.45) is -0.528. The summed E-state index contributed by atoms with van der Waals surface area (Å²) in [5, 5.41) is 0.382. The largest absolute Gasteiger partial charge is 0.377 e. The smallest absolute Gasteiger partial charge is 0.297 e. The maximum absolute atomic E-state index is 12.1. The highest BCUT2D eigenvalue weighted by molar-refractivity contribution is 7.87. The SMILES string of the molecule is O=P(O)(CCCOCc1ccccc1)COS(=O)(=O)c1ccc(Cl)cc1.